The molecule has 0 saturated heterocycles. The summed E-state index contributed by atoms with van der Waals surface area (Å²) in [6.45, 7) is 1.82. The molecule has 0 bridgehead atoms. The first-order valence-electron chi connectivity index (χ1n) is 4.96. The van der Waals surface area contributed by atoms with E-state index in [9.17, 15) is 13.0 Å². The molecule has 0 spiro atoms. The molecule has 2 rings (SSSR count). The zero-order valence-electron chi connectivity index (χ0n) is 10.0. The Balaban J connectivity index is 0.000000199. The Kier molecular flexibility index (Phi) is 4.40. The molecule has 7 nitrogen and oxygen atoms in total. The molecule has 0 radical (unpaired) electrons. The van der Waals surface area contributed by atoms with Crippen LogP contribution < -0.4 is 10.5 Å². The Morgan fingerprint density at radius 3 is 2.17 bits per heavy atom. The molecular weight excluding hydrogens is 256 g/mol. The SMILES string of the molecule is Cc1ccc(S(=O)(=O)[O-])cc1.Cn1c[n+](N)cn1. The van der Waals surface area contributed by atoms with Gasteiger partial charge in [0.2, 0.25) is 6.33 Å². The second-order valence-corrected chi connectivity index (χ2v) is 5.01. The maximum atomic E-state index is 10.4. The van der Waals surface area contributed by atoms with Gasteiger partial charge in [0.25, 0.3) is 6.33 Å². The molecule has 1 heterocycles. The van der Waals surface area contributed by atoms with Gasteiger partial charge < -0.3 is 4.55 Å². The summed E-state index contributed by atoms with van der Waals surface area (Å²) >= 11 is 0. The van der Waals surface area contributed by atoms with Crippen molar-refractivity contribution in [2.45, 2.75) is 11.8 Å². The Morgan fingerprint density at radius 1 is 1.33 bits per heavy atom. The second-order valence-electron chi connectivity index (χ2n) is 3.63. The molecular formula is C10H14N4O3S. The first-order valence-corrected chi connectivity index (χ1v) is 6.37. The van der Waals surface area contributed by atoms with Crippen LogP contribution in [0, 0.1) is 6.92 Å². The van der Waals surface area contributed by atoms with E-state index in [4.69, 9.17) is 5.84 Å². The van der Waals surface area contributed by atoms with Crippen molar-refractivity contribution in [3.63, 3.8) is 0 Å². The van der Waals surface area contributed by atoms with Crippen LogP contribution in [0.4, 0.5) is 0 Å². The lowest BCUT2D eigenvalue weighted by atomic mass is 10.2. The topological polar surface area (TPSA) is 105 Å². The van der Waals surface area contributed by atoms with Gasteiger partial charge in [-0.05, 0) is 19.1 Å². The zero-order chi connectivity index (χ0) is 13.8. The Labute approximate surface area is 105 Å². The number of rotatable bonds is 1. The molecule has 18 heavy (non-hydrogen) atoms. The molecule has 0 amide bonds. The fourth-order valence-electron chi connectivity index (χ4n) is 1.10. The van der Waals surface area contributed by atoms with Crippen molar-refractivity contribution in [3.05, 3.63) is 42.5 Å². The lowest BCUT2D eigenvalue weighted by Crippen LogP contribution is -2.41. The third-order valence-electron chi connectivity index (χ3n) is 1.98. The third kappa shape index (κ3) is 4.52. The van der Waals surface area contributed by atoms with Crippen molar-refractivity contribution in [1.82, 2.24) is 9.78 Å². The van der Waals surface area contributed by atoms with E-state index in [1.54, 1.807) is 23.1 Å². The molecule has 0 atom stereocenters. The fraction of sp³-hybridized carbons (Fsp3) is 0.200. The van der Waals surface area contributed by atoms with E-state index >= 15 is 0 Å². The van der Waals surface area contributed by atoms with Crippen LogP contribution in [0.1, 0.15) is 5.56 Å². The van der Waals surface area contributed by atoms with Gasteiger partial charge in [0.05, 0.1) is 11.9 Å². The highest BCUT2D eigenvalue weighted by atomic mass is 32.2. The summed E-state index contributed by atoms with van der Waals surface area (Å²) in [6, 6.07) is 5.78. The van der Waals surface area contributed by atoms with Crippen LogP contribution >= 0.6 is 0 Å². The minimum absolute atomic E-state index is 0.178. The van der Waals surface area contributed by atoms with E-state index in [1.165, 1.54) is 23.1 Å². The van der Waals surface area contributed by atoms with Crippen LogP contribution in [0.25, 0.3) is 0 Å². The standard InChI is InChI=1S/C7H8O3S.C3H7N4/c1-6-2-4-7(5-3-6)11(8,9)10;1-6-3-7(4)2-5-6/h2-5H,1H3,(H,8,9,10);2-3H,4H2,1H3/q;+1/p-1. The molecule has 8 heteroatoms. The molecule has 0 aliphatic rings. The van der Waals surface area contributed by atoms with Gasteiger partial charge in [0, 0.05) is 5.10 Å². The summed E-state index contributed by atoms with van der Waals surface area (Å²) in [7, 11) is -2.46. The fourth-order valence-corrected chi connectivity index (χ4v) is 1.57. The van der Waals surface area contributed by atoms with Crippen LogP contribution in [-0.4, -0.2) is 22.8 Å². The predicted octanol–water partition coefficient (Wildman–Crippen LogP) is -0.679. The highest BCUT2D eigenvalue weighted by molar-refractivity contribution is 7.85. The Hall–Kier alpha value is -1.93. The van der Waals surface area contributed by atoms with Crippen LogP contribution in [0.3, 0.4) is 0 Å². The van der Waals surface area contributed by atoms with E-state index in [0.717, 1.165) is 5.56 Å². The summed E-state index contributed by atoms with van der Waals surface area (Å²) < 4.78 is 34.2. The van der Waals surface area contributed by atoms with Gasteiger partial charge in [-0.25, -0.2) is 8.42 Å². The zero-order valence-corrected chi connectivity index (χ0v) is 10.8. The van der Waals surface area contributed by atoms with E-state index in [0.29, 0.717) is 0 Å². The minimum Gasteiger partial charge on any atom is -0.744 e. The van der Waals surface area contributed by atoms with Gasteiger partial charge in [-0.2, -0.15) is 0 Å². The lowest BCUT2D eigenvalue weighted by molar-refractivity contribution is -0.639. The van der Waals surface area contributed by atoms with Crippen molar-refractivity contribution in [2.75, 3.05) is 5.84 Å². The van der Waals surface area contributed by atoms with E-state index in [-0.39, 0.29) is 4.90 Å². The molecule has 2 N–H and O–H groups in total. The maximum Gasteiger partial charge on any atom is 0.286 e. The quantitative estimate of drug-likeness (QED) is 0.420. The largest absolute Gasteiger partial charge is 0.744 e. The molecule has 1 aromatic heterocycles. The number of nitrogens with zero attached hydrogens (tertiary/aromatic N) is 3. The van der Waals surface area contributed by atoms with Crippen molar-refractivity contribution in [1.29, 1.82) is 0 Å². The van der Waals surface area contributed by atoms with Crippen molar-refractivity contribution >= 4 is 10.1 Å². The van der Waals surface area contributed by atoms with E-state index in [1.807, 2.05) is 14.0 Å². The Bertz CT molecular complexity index is 588. The smallest absolute Gasteiger partial charge is 0.286 e. The maximum absolute atomic E-state index is 10.4. The molecule has 98 valence electrons. The summed E-state index contributed by atoms with van der Waals surface area (Å²) in [4.78, 5) is -0.178. The van der Waals surface area contributed by atoms with Gasteiger partial charge >= 0.3 is 0 Å². The number of benzene rings is 1. The van der Waals surface area contributed by atoms with Gasteiger partial charge in [-0.1, -0.05) is 17.7 Å². The summed E-state index contributed by atoms with van der Waals surface area (Å²) in [6.07, 6.45) is 3.19. The summed E-state index contributed by atoms with van der Waals surface area (Å²) in [5.41, 5.74) is 0.928. The third-order valence-corrected chi connectivity index (χ3v) is 2.83. The van der Waals surface area contributed by atoms with Gasteiger partial charge in [-0.3, -0.25) is 5.84 Å². The van der Waals surface area contributed by atoms with Crippen molar-refractivity contribution in [3.8, 4) is 0 Å². The van der Waals surface area contributed by atoms with Crippen LogP contribution in [0.5, 0.6) is 0 Å². The Morgan fingerprint density at radius 2 is 1.89 bits per heavy atom. The number of hydrogen-bond donors (Lipinski definition) is 1. The highest BCUT2D eigenvalue weighted by Gasteiger charge is 1.97. The van der Waals surface area contributed by atoms with Crippen molar-refractivity contribution < 1.29 is 17.6 Å². The minimum atomic E-state index is -4.27. The molecule has 0 fully saturated rings. The molecule has 1 aromatic carbocycles. The summed E-state index contributed by atoms with van der Waals surface area (Å²) in [5, 5.41) is 3.77. The monoisotopic (exact) mass is 270 g/mol. The highest BCUT2D eigenvalue weighted by Crippen LogP contribution is 2.08. The lowest BCUT2D eigenvalue weighted by Gasteiger charge is -2.05. The number of hydrogen-bond acceptors (Lipinski definition) is 5. The summed E-state index contributed by atoms with van der Waals surface area (Å²) in [5.74, 6) is 5.21. The van der Waals surface area contributed by atoms with Crippen molar-refractivity contribution in [2.24, 2.45) is 7.05 Å². The second kappa shape index (κ2) is 5.61. The number of nitrogen functional groups attached to an aromatic ring is 1. The average molecular weight is 270 g/mol. The molecule has 0 aliphatic heterocycles. The first-order chi connectivity index (χ1) is 8.29. The number of nitrogens with two attached hydrogens (primary N) is 1. The molecule has 2 aromatic rings. The van der Waals surface area contributed by atoms with Crippen LogP contribution in [-0.2, 0) is 17.2 Å². The van der Waals surface area contributed by atoms with Crippen LogP contribution in [0.2, 0.25) is 0 Å². The number of aromatic nitrogens is 3. The molecule has 0 aliphatic carbocycles. The van der Waals surface area contributed by atoms with Gasteiger partial charge in [0.1, 0.15) is 10.1 Å². The average Bonchev–Trinajstić information content (AvgIpc) is 2.62. The predicted molar refractivity (Wildman–Crippen MR) is 62.7 cm³/mol. The normalized spacial score (nSPS) is 10.6. The van der Waals surface area contributed by atoms with E-state index < -0.39 is 10.1 Å². The van der Waals surface area contributed by atoms with E-state index in [2.05, 4.69) is 5.10 Å². The van der Waals surface area contributed by atoms with Crippen LogP contribution in [0.15, 0.2) is 41.8 Å². The van der Waals surface area contributed by atoms with Gasteiger partial charge in [0.15, 0.2) is 0 Å². The van der Waals surface area contributed by atoms with Gasteiger partial charge in [-0.15, -0.1) is 9.36 Å². The molecule has 0 saturated carbocycles. The number of aryl methyl sites for hydroxylation is 2. The first kappa shape index (κ1) is 14.1. The molecule has 0 unspecified atom stereocenters.